The number of aliphatic hydroxyl groups is 1. The lowest BCUT2D eigenvalue weighted by Gasteiger charge is -2.32. The molecule has 0 aliphatic heterocycles. The zero-order valence-electron chi connectivity index (χ0n) is 9.41. The molecule has 1 amide bonds. The first-order valence-electron chi connectivity index (χ1n) is 4.97. The molecule has 0 spiro atoms. The molecule has 0 aromatic carbocycles. The van der Waals surface area contributed by atoms with Crippen molar-refractivity contribution in [3.63, 3.8) is 0 Å². The Morgan fingerprint density at radius 1 is 1.27 bits per heavy atom. The van der Waals surface area contributed by atoms with Crippen LogP contribution >= 0.6 is 0 Å². The summed E-state index contributed by atoms with van der Waals surface area (Å²) in [6, 6.07) is 0. The van der Waals surface area contributed by atoms with Gasteiger partial charge in [-0.1, -0.05) is 13.8 Å². The van der Waals surface area contributed by atoms with Gasteiger partial charge in [-0.25, -0.2) is 0 Å². The smallest absolute Gasteiger partial charge is 0.319 e. The number of carbonyl (C=O) groups excluding carboxylic acids is 1. The first-order chi connectivity index (χ1) is 6.72. The van der Waals surface area contributed by atoms with Crippen LogP contribution in [0, 0.1) is 5.41 Å². The number of aliphatic carboxylic acids is 1. The molecule has 0 fully saturated rings. The van der Waals surface area contributed by atoms with Gasteiger partial charge < -0.3 is 15.9 Å². The van der Waals surface area contributed by atoms with Gasteiger partial charge in [0.25, 0.3) is 0 Å². The summed E-state index contributed by atoms with van der Waals surface area (Å²) in [7, 11) is 0. The molecule has 0 saturated heterocycles. The van der Waals surface area contributed by atoms with Gasteiger partial charge in [0, 0.05) is 6.42 Å². The van der Waals surface area contributed by atoms with Crippen molar-refractivity contribution in [2.45, 2.75) is 45.6 Å². The van der Waals surface area contributed by atoms with Gasteiger partial charge >= 0.3 is 5.97 Å². The summed E-state index contributed by atoms with van der Waals surface area (Å²) in [6.45, 7) is 4.73. The van der Waals surface area contributed by atoms with Gasteiger partial charge in [0.05, 0.1) is 5.60 Å². The lowest BCUT2D eigenvalue weighted by atomic mass is 9.76. The molecule has 15 heavy (non-hydrogen) atoms. The van der Waals surface area contributed by atoms with Crippen molar-refractivity contribution in [3.05, 3.63) is 0 Å². The quantitative estimate of drug-likeness (QED) is 0.564. The molecule has 1 atom stereocenters. The van der Waals surface area contributed by atoms with Gasteiger partial charge in [-0.05, 0) is 19.8 Å². The molecule has 4 N–H and O–H groups in total. The van der Waals surface area contributed by atoms with Crippen LogP contribution in [0.15, 0.2) is 0 Å². The average Bonchev–Trinajstić information content (AvgIpc) is 2.16. The molecule has 0 rings (SSSR count). The SMILES string of the molecule is CCC(O)(CC)CC(C)(C(N)=O)C(=O)O. The lowest BCUT2D eigenvalue weighted by Crippen LogP contribution is -2.47. The average molecular weight is 217 g/mol. The van der Waals surface area contributed by atoms with Gasteiger partial charge in [0.2, 0.25) is 5.91 Å². The highest BCUT2D eigenvalue weighted by atomic mass is 16.4. The zero-order valence-corrected chi connectivity index (χ0v) is 9.41. The number of carboxylic acid groups (broad SMARTS) is 1. The third kappa shape index (κ3) is 2.92. The van der Waals surface area contributed by atoms with Gasteiger partial charge in [0.15, 0.2) is 0 Å². The molecule has 88 valence electrons. The zero-order chi connectivity index (χ0) is 12.3. The standard InChI is InChI=1S/C10H19NO4/c1-4-10(15,5-2)6-9(3,7(11)12)8(13)14/h15H,4-6H2,1-3H3,(H2,11,12)(H,13,14). The number of nitrogens with two attached hydrogens (primary N) is 1. The Bertz CT molecular complexity index is 244. The second-order valence-electron chi connectivity index (χ2n) is 4.11. The molecule has 0 aromatic rings. The number of rotatable bonds is 6. The predicted octanol–water partition coefficient (Wildman–Crippen LogP) is 0.504. The van der Waals surface area contributed by atoms with E-state index in [2.05, 4.69) is 0 Å². The fourth-order valence-corrected chi connectivity index (χ4v) is 1.43. The number of carbonyl (C=O) groups is 2. The third-order valence-corrected chi connectivity index (χ3v) is 3.01. The minimum Gasteiger partial charge on any atom is -0.480 e. The van der Waals surface area contributed by atoms with Crippen LogP contribution in [-0.2, 0) is 9.59 Å². The normalized spacial score (nSPS) is 15.7. The molecule has 0 aliphatic rings. The van der Waals surface area contributed by atoms with Crippen LogP contribution in [0.2, 0.25) is 0 Å². The highest BCUT2D eigenvalue weighted by molar-refractivity contribution is 6.00. The molecular formula is C10H19NO4. The van der Waals surface area contributed by atoms with Crippen LogP contribution in [0.5, 0.6) is 0 Å². The molecular weight excluding hydrogens is 198 g/mol. The maximum Gasteiger partial charge on any atom is 0.319 e. The summed E-state index contributed by atoms with van der Waals surface area (Å²) in [5, 5.41) is 18.9. The Kier molecular flexibility index (Phi) is 4.27. The van der Waals surface area contributed by atoms with Crippen molar-refractivity contribution >= 4 is 11.9 Å². The summed E-state index contributed by atoms with van der Waals surface area (Å²) in [4.78, 5) is 22.1. The van der Waals surface area contributed by atoms with E-state index in [1.807, 2.05) is 0 Å². The Hall–Kier alpha value is -1.10. The van der Waals surface area contributed by atoms with Crippen molar-refractivity contribution in [3.8, 4) is 0 Å². The van der Waals surface area contributed by atoms with Crippen molar-refractivity contribution in [2.75, 3.05) is 0 Å². The molecule has 0 aromatic heterocycles. The Balaban J connectivity index is 5.00. The minimum atomic E-state index is -1.71. The van der Waals surface area contributed by atoms with E-state index >= 15 is 0 Å². The fraction of sp³-hybridized carbons (Fsp3) is 0.800. The molecule has 0 bridgehead atoms. The van der Waals surface area contributed by atoms with Crippen molar-refractivity contribution in [2.24, 2.45) is 11.1 Å². The van der Waals surface area contributed by atoms with Crippen molar-refractivity contribution in [1.82, 2.24) is 0 Å². The van der Waals surface area contributed by atoms with Crippen LogP contribution in [0.3, 0.4) is 0 Å². The van der Waals surface area contributed by atoms with Crippen molar-refractivity contribution < 1.29 is 19.8 Å². The molecule has 0 radical (unpaired) electrons. The van der Waals surface area contributed by atoms with E-state index in [4.69, 9.17) is 10.8 Å². The number of carboxylic acids is 1. The first kappa shape index (κ1) is 13.9. The fourth-order valence-electron chi connectivity index (χ4n) is 1.43. The van der Waals surface area contributed by atoms with E-state index in [0.29, 0.717) is 12.8 Å². The van der Waals surface area contributed by atoms with E-state index in [0.717, 1.165) is 0 Å². The lowest BCUT2D eigenvalue weighted by molar-refractivity contribution is -0.158. The van der Waals surface area contributed by atoms with E-state index in [9.17, 15) is 14.7 Å². The summed E-state index contributed by atoms with van der Waals surface area (Å²) in [6.07, 6.45) is 0.622. The van der Waals surface area contributed by atoms with Crippen LogP contribution in [0.1, 0.15) is 40.0 Å². The summed E-state index contributed by atoms with van der Waals surface area (Å²) < 4.78 is 0. The maximum atomic E-state index is 11.1. The molecule has 0 aliphatic carbocycles. The number of primary amides is 1. The second kappa shape index (κ2) is 4.61. The number of hydrogen-bond acceptors (Lipinski definition) is 3. The van der Waals surface area contributed by atoms with Gasteiger partial charge in [-0.15, -0.1) is 0 Å². The number of hydrogen-bond donors (Lipinski definition) is 3. The first-order valence-corrected chi connectivity index (χ1v) is 4.97. The summed E-state index contributed by atoms with van der Waals surface area (Å²) in [5.74, 6) is -2.22. The maximum absolute atomic E-state index is 11.1. The topological polar surface area (TPSA) is 101 Å². The summed E-state index contributed by atoms with van der Waals surface area (Å²) in [5.41, 5.74) is 2.20. The predicted molar refractivity (Wildman–Crippen MR) is 55.1 cm³/mol. The van der Waals surface area contributed by atoms with Crippen LogP contribution in [0.4, 0.5) is 0 Å². The van der Waals surface area contributed by atoms with E-state index < -0.39 is 22.9 Å². The second-order valence-corrected chi connectivity index (χ2v) is 4.11. The highest BCUT2D eigenvalue weighted by Crippen LogP contribution is 2.32. The Labute approximate surface area is 89.3 Å². The number of amides is 1. The van der Waals surface area contributed by atoms with E-state index in [1.165, 1.54) is 6.92 Å². The van der Waals surface area contributed by atoms with Crippen LogP contribution in [-0.4, -0.2) is 27.7 Å². The van der Waals surface area contributed by atoms with E-state index in [1.54, 1.807) is 13.8 Å². The van der Waals surface area contributed by atoms with Crippen LogP contribution < -0.4 is 5.73 Å². The Morgan fingerprint density at radius 2 is 1.67 bits per heavy atom. The van der Waals surface area contributed by atoms with E-state index in [-0.39, 0.29) is 6.42 Å². The third-order valence-electron chi connectivity index (χ3n) is 3.01. The molecule has 5 heteroatoms. The highest BCUT2D eigenvalue weighted by Gasteiger charge is 2.45. The van der Waals surface area contributed by atoms with Gasteiger partial charge in [-0.3, -0.25) is 9.59 Å². The summed E-state index contributed by atoms with van der Waals surface area (Å²) >= 11 is 0. The van der Waals surface area contributed by atoms with Crippen molar-refractivity contribution in [1.29, 1.82) is 0 Å². The van der Waals surface area contributed by atoms with Crippen LogP contribution in [0.25, 0.3) is 0 Å². The molecule has 0 heterocycles. The molecule has 5 nitrogen and oxygen atoms in total. The molecule has 0 saturated carbocycles. The Morgan fingerprint density at radius 3 is 1.87 bits per heavy atom. The monoisotopic (exact) mass is 217 g/mol. The largest absolute Gasteiger partial charge is 0.480 e. The van der Waals surface area contributed by atoms with Gasteiger partial charge in [-0.2, -0.15) is 0 Å². The molecule has 1 unspecified atom stereocenters. The minimum absolute atomic E-state index is 0.155. The van der Waals surface area contributed by atoms with Gasteiger partial charge in [0.1, 0.15) is 5.41 Å².